The molecule has 0 aliphatic heterocycles. The lowest BCUT2D eigenvalue weighted by Crippen LogP contribution is -2.12. The lowest BCUT2D eigenvalue weighted by atomic mass is 10.2. The zero-order chi connectivity index (χ0) is 14.1. The summed E-state index contributed by atoms with van der Waals surface area (Å²) in [5.74, 6) is -0.0504. The number of carboxylic acids is 1. The Balaban J connectivity index is 2.36. The Morgan fingerprint density at radius 2 is 2.10 bits per heavy atom. The summed E-state index contributed by atoms with van der Waals surface area (Å²) in [6.07, 6.45) is 3.40. The summed E-state index contributed by atoms with van der Waals surface area (Å²) in [4.78, 5) is 20.1. The molecule has 0 aliphatic rings. The number of hydrogen-bond donors (Lipinski definition) is 1. The van der Waals surface area contributed by atoms with Crippen LogP contribution in [0.25, 0.3) is 21.9 Å². The number of para-hydroxylation sites is 1. The number of aromatic nitrogens is 3. The van der Waals surface area contributed by atoms with E-state index in [1.807, 2.05) is 24.3 Å². The van der Waals surface area contributed by atoms with Crippen LogP contribution in [-0.2, 0) is 17.8 Å². The Kier molecular flexibility index (Phi) is 3.10. The summed E-state index contributed by atoms with van der Waals surface area (Å²) in [5, 5.41) is 10.1. The first-order valence-corrected chi connectivity index (χ1v) is 6.65. The van der Waals surface area contributed by atoms with E-state index in [9.17, 15) is 4.79 Å². The first kappa shape index (κ1) is 12.6. The summed E-state index contributed by atoms with van der Waals surface area (Å²) in [7, 11) is 0. The van der Waals surface area contributed by atoms with Gasteiger partial charge in [-0.05, 0) is 12.5 Å². The smallest absolute Gasteiger partial charge is 0.323 e. The number of benzene rings is 1. The van der Waals surface area contributed by atoms with Gasteiger partial charge in [0.05, 0.1) is 17.2 Å². The SMILES string of the molecule is CCCc1nc2cnc3ccccc3c2n1CC(=O)O. The molecule has 0 saturated carbocycles. The molecule has 3 rings (SSSR count). The van der Waals surface area contributed by atoms with Gasteiger partial charge in [-0.15, -0.1) is 0 Å². The van der Waals surface area contributed by atoms with Crippen molar-refractivity contribution >= 4 is 27.9 Å². The molecule has 0 unspecified atom stereocenters. The number of rotatable bonds is 4. The molecule has 0 radical (unpaired) electrons. The summed E-state index contributed by atoms with van der Waals surface area (Å²) < 4.78 is 1.80. The molecule has 1 aromatic carbocycles. The molecule has 0 spiro atoms. The van der Waals surface area contributed by atoms with E-state index in [0.29, 0.717) is 0 Å². The van der Waals surface area contributed by atoms with Crippen LogP contribution in [0.15, 0.2) is 30.5 Å². The molecule has 0 atom stereocenters. The van der Waals surface area contributed by atoms with Crippen molar-refractivity contribution in [1.82, 2.24) is 14.5 Å². The number of fused-ring (bicyclic) bond motifs is 3. The second-order valence-corrected chi connectivity index (χ2v) is 4.77. The van der Waals surface area contributed by atoms with Crippen molar-refractivity contribution in [2.45, 2.75) is 26.3 Å². The number of imidazole rings is 1. The zero-order valence-electron chi connectivity index (χ0n) is 11.2. The van der Waals surface area contributed by atoms with Gasteiger partial charge in [0.25, 0.3) is 0 Å². The quantitative estimate of drug-likeness (QED) is 0.790. The molecular formula is C15H15N3O2. The largest absolute Gasteiger partial charge is 0.480 e. The fraction of sp³-hybridized carbons (Fsp3) is 0.267. The highest BCUT2D eigenvalue weighted by Crippen LogP contribution is 2.25. The number of carboxylic acid groups (broad SMARTS) is 1. The molecule has 0 saturated heterocycles. The third-order valence-corrected chi connectivity index (χ3v) is 3.33. The fourth-order valence-corrected chi connectivity index (χ4v) is 2.53. The van der Waals surface area contributed by atoms with Crippen LogP contribution >= 0.6 is 0 Å². The lowest BCUT2D eigenvalue weighted by molar-refractivity contribution is -0.137. The molecule has 0 aliphatic carbocycles. The van der Waals surface area contributed by atoms with E-state index in [0.717, 1.165) is 40.6 Å². The number of carbonyl (C=O) groups is 1. The van der Waals surface area contributed by atoms with Gasteiger partial charge in [0.15, 0.2) is 0 Å². The molecular weight excluding hydrogens is 254 g/mol. The van der Waals surface area contributed by atoms with E-state index in [-0.39, 0.29) is 6.54 Å². The van der Waals surface area contributed by atoms with Crippen molar-refractivity contribution in [3.8, 4) is 0 Å². The number of pyridine rings is 1. The Morgan fingerprint density at radius 1 is 1.30 bits per heavy atom. The average molecular weight is 269 g/mol. The number of hydrogen-bond acceptors (Lipinski definition) is 3. The molecule has 0 fully saturated rings. The standard InChI is InChI=1S/C15H15N3O2/c1-2-5-13-17-12-8-16-11-7-4-3-6-10(11)15(12)18(13)9-14(19)20/h3-4,6-8H,2,5,9H2,1H3,(H,19,20). The van der Waals surface area contributed by atoms with Gasteiger partial charge in [0.1, 0.15) is 17.9 Å². The Bertz CT molecular complexity index is 792. The zero-order valence-corrected chi connectivity index (χ0v) is 11.2. The molecule has 20 heavy (non-hydrogen) atoms. The van der Waals surface area contributed by atoms with E-state index in [1.54, 1.807) is 10.8 Å². The minimum Gasteiger partial charge on any atom is -0.480 e. The number of nitrogens with zero attached hydrogens (tertiary/aromatic N) is 3. The summed E-state index contributed by atoms with van der Waals surface area (Å²) in [6.45, 7) is 1.99. The van der Waals surface area contributed by atoms with E-state index in [1.165, 1.54) is 0 Å². The predicted octanol–water partition coefficient (Wildman–Crippen LogP) is 2.62. The van der Waals surface area contributed by atoms with Gasteiger partial charge >= 0.3 is 5.97 Å². The van der Waals surface area contributed by atoms with Crippen molar-refractivity contribution in [3.63, 3.8) is 0 Å². The van der Waals surface area contributed by atoms with Crippen LogP contribution < -0.4 is 0 Å². The molecule has 1 N–H and O–H groups in total. The summed E-state index contributed by atoms with van der Waals surface area (Å²) >= 11 is 0. The Labute approximate surface area is 115 Å². The molecule has 2 aromatic heterocycles. The maximum absolute atomic E-state index is 11.1. The van der Waals surface area contributed by atoms with Gasteiger partial charge in [-0.1, -0.05) is 25.1 Å². The Morgan fingerprint density at radius 3 is 2.85 bits per heavy atom. The van der Waals surface area contributed by atoms with Gasteiger partial charge < -0.3 is 9.67 Å². The van der Waals surface area contributed by atoms with Crippen molar-refractivity contribution in [1.29, 1.82) is 0 Å². The number of aryl methyl sites for hydroxylation is 1. The van der Waals surface area contributed by atoms with Crippen molar-refractivity contribution in [2.75, 3.05) is 0 Å². The van der Waals surface area contributed by atoms with Crippen molar-refractivity contribution < 1.29 is 9.90 Å². The highest BCUT2D eigenvalue weighted by molar-refractivity contribution is 6.02. The predicted molar refractivity (Wildman–Crippen MR) is 76.7 cm³/mol. The van der Waals surface area contributed by atoms with E-state index < -0.39 is 5.97 Å². The molecule has 0 amide bonds. The third-order valence-electron chi connectivity index (χ3n) is 3.33. The van der Waals surface area contributed by atoms with E-state index in [4.69, 9.17) is 5.11 Å². The van der Waals surface area contributed by atoms with Gasteiger partial charge in [0, 0.05) is 11.8 Å². The maximum Gasteiger partial charge on any atom is 0.323 e. The first-order chi connectivity index (χ1) is 9.70. The van der Waals surface area contributed by atoms with Gasteiger partial charge in [0.2, 0.25) is 0 Å². The summed E-state index contributed by atoms with van der Waals surface area (Å²) in [5.41, 5.74) is 2.48. The van der Waals surface area contributed by atoms with Gasteiger partial charge in [-0.25, -0.2) is 4.98 Å². The average Bonchev–Trinajstić information content (AvgIpc) is 2.77. The second kappa shape index (κ2) is 4.92. The molecule has 3 aromatic rings. The van der Waals surface area contributed by atoms with Crippen LogP contribution in [0.1, 0.15) is 19.2 Å². The second-order valence-electron chi connectivity index (χ2n) is 4.77. The highest BCUT2D eigenvalue weighted by Gasteiger charge is 2.15. The minimum absolute atomic E-state index is 0.0696. The van der Waals surface area contributed by atoms with Gasteiger partial charge in [-0.2, -0.15) is 0 Å². The monoisotopic (exact) mass is 269 g/mol. The minimum atomic E-state index is -0.859. The van der Waals surface area contributed by atoms with Crippen LogP contribution in [-0.4, -0.2) is 25.6 Å². The molecule has 0 bridgehead atoms. The van der Waals surface area contributed by atoms with Crippen LogP contribution in [0.2, 0.25) is 0 Å². The normalized spacial score (nSPS) is 11.2. The van der Waals surface area contributed by atoms with Gasteiger partial charge in [-0.3, -0.25) is 9.78 Å². The maximum atomic E-state index is 11.1. The lowest BCUT2D eigenvalue weighted by Gasteiger charge is -2.07. The molecule has 5 heteroatoms. The molecule has 102 valence electrons. The fourth-order valence-electron chi connectivity index (χ4n) is 2.53. The highest BCUT2D eigenvalue weighted by atomic mass is 16.4. The van der Waals surface area contributed by atoms with Crippen molar-refractivity contribution in [2.24, 2.45) is 0 Å². The molecule has 5 nitrogen and oxygen atoms in total. The first-order valence-electron chi connectivity index (χ1n) is 6.65. The van der Waals surface area contributed by atoms with E-state index >= 15 is 0 Å². The van der Waals surface area contributed by atoms with Crippen molar-refractivity contribution in [3.05, 3.63) is 36.3 Å². The van der Waals surface area contributed by atoms with E-state index in [2.05, 4.69) is 16.9 Å². The van der Waals surface area contributed by atoms with Crippen LogP contribution in [0, 0.1) is 0 Å². The summed E-state index contributed by atoms with van der Waals surface area (Å²) in [6, 6.07) is 7.74. The van der Waals surface area contributed by atoms with Crippen LogP contribution in [0.5, 0.6) is 0 Å². The topological polar surface area (TPSA) is 68.0 Å². The van der Waals surface area contributed by atoms with Crippen LogP contribution in [0.4, 0.5) is 0 Å². The third kappa shape index (κ3) is 2.01. The Hall–Kier alpha value is -2.43. The molecule has 2 heterocycles. The number of aliphatic carboxylic acids is 1. The van der Waals surface area contributed by atoms with Crippen LogP contribution in [0.3, 0.4) is 0 Å².